The molecular formula is C29H38N6O3. The molecule has 3 heterocycles. The van der Waals surface area contributed by atoms with Gasteiger partial charge in [0, 0.05) is 41.6 Å². The molecule has 0 amide bonds. The Kier molecular flexibility index (Phi) is 7.29. The summed E-state index contributed by atoms with van der Waals surface area (Å²) in [6.45, 7) is 9.47. The Bertz CT molecular complexity index is 1430. The van der Waals surface area contributed by atoms with Crippen molar-refractivity contribution in [2.75, 3.05) is 39.7 Å². The molecule has 4 aromatic rings. The number of anilines is 1. The van der Waals surface area contributed by atoms with Crippen LogP contribution in [-0.4, -0.2) is 64.4 Å². The number of nitrogens with one attached hydrogen (secondary N) is 1. The van der Waals surface area contributed by atoms with Gasteiger partial charge < -0.3 is 19.5 Å². The van der Waals surface area contributed by atoms with Crippen molar-refractivity contribution in [3.8, 4) is 17.2 Å². The van der Waals surface area contributed by atoms with Gasteiger partial charge in [-0.1, -0.05) is 13.0 Å². The van der Waals surface area contributed by atoms with Gasteiger partial charge in [-0.2, -0.15) is 4.52 Å². The number of nitrogens with zero attached hydrogens (tertiary/aromatic N) is 5. The van der Waals surface area contributed by atoms with Crippen LogP contribution >= 0.6 is 0 Å². The molecule has 0 spiro atoms. The molecule has 1 saturated heterocycles. The standard InChI is InChI=1S/C29H38N6O3/c1-7-29(2,3)34-15-9-10-20(18-34)26-32-27-22-11-8-12-23(37-5)25(22)31-28(35(27)33-26)30-17-19-13-14-21(36-4)16-24(19)38-6/h8,11-14,16,20H,7,9-10,15,17-18H2,1-6H3,(H,30,31)/t20-/m1/s1. The summed E-state index contributed by atoms with van der Waals surface area (Å²) >= 11 is 0. The number of aromatic nitrogens is 4. The van der Waals surface area contributed by atoms with Gasteiger partial charge in [0.1, 0.15) is 22.8 Å². The van der Waals surface area contributed by atoms with Crippen LogP contribution in [0.3, 0.4) is 0 Å². The van der Waals surface area contributed by atoms with Crippen molar-refractivity contribution in [2.45, 2.75) is 58.0 Å². The summed E-state index contributed by atoms with van der Waals surface area (Å²) in [5.41, 5.74) is 2.67. The second-order valence-electron chi connectivity index (χ2n) is 10.5. The van der Waals surface area contributed by atoms with Crippen molar-refractivity contribution in [1.29, 1.82) is 0 Å². The second-order valence-corrected chi connectivity index (χ2v) is 10.5. The zero-order valence-electron chi connectivity index (χ0n) is 23.2. The van der Waals surface area contributed by atoms with E-state index in [9.17, 15) is 0 Å². The maximum atomic E-state index is 5.65. The summed E-state index contributed by atoms with van der Waals surface area (Å²) in [6, 6.07) is 11.7. The minimum atomic E-state index is 0.156. The third kappa shape index (κ3) is 4.82. The molecule has 1 N–H and O–H groups in total. The van der Waals surface area contributed by atoms with Crippen LogP contribution in [0.1, 0.15) is 57.3 Å². The molecule has 1 atom stereocenters. The highest BCUT2D eigenvalue weighted by atomic mass is 16.5. The molecule has 0 saturated carbocycles. The predicted molar refractivity (Wildman–Crippen MR) is 150 cm³/mol. The minimum absolute atomic E-state index is 0.156. The highest BCUT2D eigenvalue weighted by molar-refractivity contribution is 5.96. The number of benzene rings is 2. The monoisotopic (exact) mass is 518 g/mol. The van der Waals surface area contributed by atoms with E-state index in [4.69, 9.17) is 29.3 Å². The third-order valence-corrected chi connectivity index (χ3v) is 7.94. The quantitative estimate of drug-likeness (QED) is 0.320. The largest absolute Gasteiger partial charge is 0.497 e. The molecule has 0 unspecified atom stereocenters. The first-order valence-electron chi connectivity index (χ1n) is 13.3. The zero-order valence-corrected chi connectivity index (χ0v) is 23.2. The smallest absolute Gasteiger partial charge is 0.226 e. The number of rotatable bonds is 9. The minimum Gasteiger partial charge on any atom is -0.497 e. The Morgan fingerprint density at radius 3 is 2.58 bits per heavy atom. The van der Waals surface area contributed by atoms with Crippen molar-refractivity contribution < 1.29 is 14.2 Å². The molecule has 2 aromatic heterocycles. The van der Waals surface area contributed by atoms with E-state index in [0.29, 0.717) is 18.2 Å². The second kappa shape index (κ2) is 10.6. The van der Waals surface area contributed by atoms with Gasteiger partial charge in [-0.15, -0.1) is 5.10 Å². The van der Waals surface area contributed by atoms with Gasteiger partial charge in [0.2, 0.25) is 5.95 Å². The number of ether oxygens (including phenoxy) is 3. The highest BCUT2D eigenvalue weighted by Crippen LogP contribution is 2.34. The number of fused-ring (bicyclic) bond motifs is 3. The summed E-state index contributed by atoms with van der Waals surface area (Å²) in [7, 11) is 4.97. The van der Waals surface area contributed by atoms with Gasteiger partial charge in [0.05, 0.1) is 21.3 Å². The molecule has 2 aromatic carbocycles. The van der Waals surface area contributed by atoms with E-state index in [1.54, 1.807) is 21.3 Å². The van der Waals surface area contributed by atoms with Crippen LogP contribution in [0.2, 0.25) is 0 Å². The van der Waals surface area contributed by atoms with Crippen LogP contribution in [-0.2, 0) is 6.54 Å². The van der Waals surface area contributed by atoms with Gasteiger partial charge >= 0.3 is 0 Å². The maximum absolute atomic E-state index is 5.65. The number of methoxy groups -OCH3 is 3. The number of para-hydroxylation sites is 1. The van der Waals surface area contributed by atoms with E-state index in [2.05, 4.69) is 31.0 Å². The van der Waals surface area contributed by atoms with Crippen LogP contribution in [0.4, 0.5) is 5.95 Å². The van der Waals surface area contributed by atoms with Crippen LogP contribution in [0.5, 0.6) is 17.2 Å². The third-order valence-electron chi connectivity index (χ3n) is 7.94. The van der Waals surface area contributed by atoms with Crippen LogP contribution in [0.15, 0.2) is 36.4 Å². The highest BCUT2D eigenvalue weighted by Gasteiger charge is 2.32. The van der Waals surface area contributed by atoms with Gasteiger partial charge in [0.15, 0.2) is 11.5 Å². The van der Waals surface area contributed by atoms with Crippen molar-refractivity contribution in [3.63, 3.8) is 0 Å². The van der Waals surface area contributed by atoms with E-state index in [0.717, 1.165) is 71.8 Å². The Hall–Kier alpha value is -3.59. The fourth-order valence-electron chi connectivity index (χ4n) is 5.21. The number of piperidine rings is 1. The lowest BCUT2D eigenvalue weighted by Crippen LogP contribution is -2.48. The van der Waals surface area contributed by atoms with E-state index in [-0.39, 0.29) is 11.5 Å². The van der Waals surface area contributed by atoms with Crippen molar-refractivity contribution in [1.82, 2.24) is 24.5 Å². The van der Waals surface area contributed by atoms with Crippen molar-refractivity contribution >= 4 is 22.5 Å². The fourth-order valence-corrected chi connectivity index (χ4v) is 5.21. The van der Waals surface area contributed by atoms with Gasteiger partial charge in [0.25, 0.3) is 0 Å². The van der Waals surface area contributed by atoms with E-state index < -0.39 is 0 Å². The number of likely N-dealkylation sites (tertiary alicyclic amines) is 1. The SMILES string of the molecule is CCC(C)(C)N1CCC[C@@H](c2nc3c4cccc(OC)c4nc(NCc4ccc(OC)cc4OC)n3n2)C1. The summed E-state index contributed by atoms with van der Waals surface area (Å²) in [5, 5.41) is 9.42. The molecule has 1 aliphatic heterocycles. The first-order valence-corrected chi connectivity index (χ1v) is 13.3. The maximum Gasteiger partial charge on any atom is 0.226 e. The molecule has 0 aliphatic carbocycles. The normalized spacial score (nSPS) is 16.6. The molecule has 1 fully saturated rings. The Balaban J connectivity index is 1.55. The Labute approximate surface area is 224 Å². The average molecular weight is 519 g/mol. The molecule has 38 heavy (non-hydrogen) atoms. The fraction of sp³-hybridized carbons (Fsp3) is 0.483. The summed E-state index contributed by atoms with van der Waals surface area (Å²) in [5.74, 6) is 3.93. The molecule has 9 heteroatoms. The lowest BCUT2D eigenvalue weighted by atomic mass is 9.90. The zero-order chi connectivity index (χ0) is 26.9. The topological polar surface area (TPSA) is 86.0 Å². The van der Waals surface area contributed by atoms with Gasteiger partial charge in [-0.25, -0.2) is 9.97 Å². The molecule has 0 bridgehead atoms. The van der Waals surface area contributed by atoms with Crippen molar-refractivity contribution in [2.24, 2.45) is 0 Å². The molecule has 202 valence electrons. The Morgan fingerprint density at radius 2 is 1.84 bits per heavy atom. The van der Waals surface area contributed by atoms with Crippen LogP contribution in [0.25, 0.3) is 16.6 Å². The predicted octanol–water partition coefficient (Wildman–Crippen LogP) is 5.28. The van der Waals surface area contributed by atoms with Gasteiger partial charge in [-0.05, 0) is 63.9 Å². The molecule has 1 aliphatic rings. The summed E-state index contributed by atoms with van der Waals surface area (Å²) < 4.78 is 18.4. The first-order chi connectivity index (χ1) is 18.4. The Morgan fingerprint density at radius 1 is 1.03 bits per heavy atom. The van der Waals surface area contributed by atoms with E-state index in [1.807, 2.05) is 40.9 Å². The molecule has 0 radical (unpaired) electrons. The van der Waals surface area contributed by atoms with Crippen LogP contribution in [0, 0.1) is 0 Å². The number of hydrogen-bond acceptors (Lipinski definition) is 8. The lowest BCUT2D eigenvalue weighted by molar-refractivity contribution is 0.0799. The molecule has 9 nitrogen and oxygen atoms in total. The summed E-state index contributed by atoms with van der Waals surface area (Å²) in [4.78, 5) is 12.6. The average Bonchev–Trinajstić information content (AvgIpc) is 3.41. The molecular weight excluding hydrogens is 480 g/mol. The number of hydrogen-bond donors (Lipinski definition) is 1. The molecule has 5 rings (SSSR count). The van der Waals surface area contributed by atoms with Crippen molar-refractivity contribution in [3.05, 3.63) is 47.8 Å². The van der Waals surface area contributed by atoms with Crippen LogP contribution < -0.4 is 19.5 Å². The first kappa shape index (κ1) is 26.0. The van der Waals surface area contributed by atoms with Gasteiger partial charge in [-0.3, -0.25) is 4.90 Å². The van der Waals surface area contributed by atoms with E-state index >= 15 is 0 Å². The lowest BCUT2D eigenvalue weighted by Gasteiger charge is -2.42. The van der Waals surface area contributed by atoms with E-state index in [1.165, 1.54) is 0 Å². The summed E-state index contributed by atoms with van der Waals surface area (Å²) in [6.07, 6.45) is 3.32.